The van der Waals surface area contributed by atoms with Gasteiger partial charge >= 0.3 is 11.9 Å². The molecule has 0 aliphatic heterocycles. The first-order chi connectivity index (χ1) is 12.2. The SMILES string of the molecule is C#CCOCCOCCOCCOCCOC(=O)CCCCC(=O)O. The van der Waals surface area contributed by atoms with E-state index in [1.807, 2.05) is 0 Å². The van der Waals surface area contributed by atoms with Crippen molar-refractivity contribution in [2.45, 2.75) is 25.7 Å². The number of carboxylic acid groups (broad SMARTS) is 1. The molecule has 0 unspecified atom stereocenters. The van der Waals surface area contributed by atoms with Gasteiger partial charge in [0.15, 0.2) is 0 Å². The Labute approximate surface area is 148 Å². The maximum absolute atomic E-state index is 11.3. The van der Waals surface area contributed by atoms with E-state index in [2.05, 4.69) is 5.92 Å². The maximum Gasteiger partial charge on any atom is 0.305 e. The Balaban J connectivity index is 3.14. The second kappa shape index (κ2) is 18.7. The largest absolute Gasteiger partial charge is 0.481 e. The molecule has 0 rings (SSSR count). The van der Waals surface area contributed by atoms with Gasteiger partial charge in [0.1, 0.15) is 13.2 Å². The lowest BCUT2D eigenvalue weighted by Crippen LogP contribution is -2.14. The van der Waals surface area contributed by atoms with Crippen LogP contribution in [0.15, 0.2) is 0 Å². The van der Waals surface area contributed by atoms with Gasteiger partial charge in [-0.3, -0.25) is 9.59 Å². The number of terminal acetylenes is 1. The molecule has 144 valence electrons. The minimum atomic E-state index is -0.857. The first-order valence-corrected chi connectivity index (χ1v) is 8.28. The Morgan fingerprint density at radius 1 is 0.760 bits per heavy atom. The molecule has 0 saturated heterocycles. The van der Waals surface area contributed by atoms with Crippen LogP contribution >= 0.6 is 0 Å². The summed E-state index contributed by atoms with van der Waals surface area (Å²) >= 11 is 0. The molecule has 1 N–H and O–H groups in total. The lowest BCUT2D eigenvalue weighted by Gasteiger charge is -2.07. The van der Waals surface area contributed by atoms with E-state index in [1.54, 1.807) is 0 Å². The third kappa shape index (κ3) is 20.3. The Morgan fingerprint density at radius 3 is 1.76 bits per heavy atom. The summed E-state index contributed by atoms with van der Waals surface area (Å²) in [5.74, 6) is 1.17. The molecular formula is C17H28O8. The van der Waals surface area contributed by atoms with Gasteiger partial charge in [0.25, 0.3) is 0 Å². The third-order valence-electron chi connectivity index (χ3n) is 2.81. The van der Waals surface area contributed by atoms with E-state index in [9.17, 15) is 9.59 Å². The number of ether oxygens (including phenoxy) is 5. The summed E-state index contributed by atoms with van der Waals surface area (Å²) in [5.41, 5.74) is 0. The number of carboxylic acids is 1. The van der Waals surface area contributed by atoms with Crippen LogP contribution in [0.25, 0.3) is 0 Å². The number of carbonyl (C=O) groups excluding carboxylic acids is 1. The summed E-state index contributed by atoms with van der Waals surface area (Å²) in [7, 11) is 0. The smallest absolute Gasteiger partial charge is 0.305 e. The summed E-state index contributed by atoms with van der Waals surface area (Å²) in [5, 5.41) is 8.46. The zero-order chi connectivity index (χ0) is 18.6. The minimum absolute atomic E-state index is 0.0704. The van der Waals surface area contributed by atoms with Crippen LogP contribution in [-0.2, 0) is 33.3 Å². The molecule has 0 aromatic rings. The minimum Gasteiger partial charge on any atom is -0.481 e. The highest BCUT2D eigenvalue weighted by molar-refractivity contribution is 5.69. The van der Waals surface area contributed by atoms with Gasteiger partial charge in [0.05, 0.1) is 46.2 Å². The van der Waals surface area contributed by atoms with E-state index < -0.39 is 5.97 Å². The van der Waals surface area contributed by atoms with Crippen LogP contribution in [0, 0.1) is 12.3 Å². The topological polar surface area (TPSA) is 101 Å². The van der Waals surface area contributed by atoms with E-state index in [4.69, 9.17) is 35.2 Å². The highest BCUT2D eigenvalue weighted by Gasteiger charge is 2.04. The van der Waals surface area contributed by atoms with Crippen molar-refractivity contribution in [1.29, 1.82) is 0 Å². The van der Waals surface area contributed by atoms with Crippen molar-refractivity contribution in [3.8, 4) is 12.3 Å². The van der Waals surface area contributed by atoms with Gasteiger partial charge in [0, 0.05) is 12.8 Å². The number of esters is 1. The van der Waals surface area contributed by atoms with Crippen LogP contribution in [0.1, 0.15) is 25.7 Å². The molecule has 25 heavy (non-hydrogen) atoms. The second-order valence-electron chi connectivity index (χ2n) is 4.92. The first-order valence-electron chi connectivity index (χ1n) is 8.28. The second-order valence-corrected chi connectivity index (χ2v) is 4.92. The molecule has 0 heterocycles. The van der Waals surface area contributed by atoms with Crippen molar-refractivity contribution < 1.29 is 38.4 Å². The zero-order valence-corrected chi connectivity index (χ0v) is 14.6. The Hall–Kier alpha value is -1.66. The molecule has 0 amide bonds. The number of rotatable bonds is 18. The van der Waals surface area contributed by atoms with E-state index >= 15 is 0 Å². The van der Waals surface area contributed by atoms with Gasteiger partial charge in [-0.25, -0.2) is 0 Å². The fraction of sp³-hybridized carbons (Fsp3) is 0.765. The molecule has 0 fully saturated rings. The summed E-state index contributed by atoms with van der Waals surface area (Å²) < 4.78 is 25.8. The summed E-state index contributed by atoms with van der Waals surface area (Å²) in [6.07, 6.45) is 6.31. The molecule has 0 aliphatic carbocycles. The number of unbranched alkanes of at least 4 members (excludes halogenated alkanes) is 1. The van der Waals surface area contributed by atoms with Crippen LogP contribution in [0.4, 0.5) is 0 Å². The average Bonchev–Trinajstić information content (AvgIpc) is 2.59. The normalized spacial score (nSPS) is 10.4. The molecule has 0 radical (unpaired) electrons. The van der Waals surface area contributed by atoms with Gasteiger partial charge in [-0.05, 0) is 12.8 Å². The van der Waals surface area contributed by atoms with Crippen LogP contribution in [0.3, 0.4) is 0 Å². The van der Waals surface area contributed by atoms with Gasteiger partial charge in [-0.2, -0.15) is 0 Å². The molecule has 0 aromatic heterocycles. The number of carbonyl (C=O) groups is 2. The predicted octanol–water partition coefficient (Wildman–Crippen LogP) is 0.874. The van der Waals surface area contributed by atoms with Gasteiger partial charge in [-0.15, -0.1) is 6.42 Å². The van der Waals surface area contributed by atoms with Crippen molar-refractivity contribution in [2.24, 2.45) is 0 Å². The molecule has 8 nitrogen and oxygen atoms in total. The molecular weight excluding hydrogens is 332 g/mol. The van der Waals surface area contributed by atoms with Crippen LogP contribution in [0.2, 0.25) is 0 Å². The van der Waals surface area contributed by atoms with Crippen molar-refractivity contribution in [3.05, 3.63) is 0 Å². The molecule has 0 spiro atoms. The highest BCUT2D eigenvalue weighted by atomic mass is 16.6. The van der Waals surface area contributed by atoms with E-state index in [0.717, 1.165) is 0 Å². The summed E-state index contributed by atoms with van der Waals surface area (Å²) in [4.78, 5) is 21.6. The lowest BCUT2D eigenvalue weighted by atomic mass is 10.2. The average molecular weight is 360 g/mol. The Morgan fingerprint density at radius 2 is 1.24 bits per heavy atom. The molecule has 0 bridgehead atoms. The van der Waals surface area contributed by atoms with Crippen molar-refractivity contribution in [3.63, 3.8) is 0 Å². The molecule has 0 saturated carbocycles. The van der Waals surface area contributed by atoms with E-state index in [0.29, 0.717) is 59.1 Å². The highest BCUT2D eigenvalue weighted by Crippen LogP contribution is 2.01. The number of aliphatic carboxylic acids is 1. The van der Waals surface area contributed by atoms with Gasteiger partial charge < -0.3 is 28.8 Å². The predicted molar refractivity (Wildman–Crippen MR) is 89.2 cm³/mol. The zero-order valence-electron chi connectivity index (χ0n) is 14.6. The number of hydrogen-bond acceptors (Lipinski definition) is 7. The molecule has 0 aromatic carbocycles. The molecule has 0 aliphatic rings. The van der Waals surface area contributed by atoms with E-state index in [1.165, 1.54) is 0 Å². The molecule has 0 atom stereocenters. The number of hydrogen-bond donors (Lipinski definition) is 1. The fourth-order valence-electron chi connectivity index (χ4n) is 1.62. The molecule has 8 heteroatoms. The van der Waals surface area contributed by atoms with E-state index in [-0.39, 0.29) is 32.0 Å². The van der Waals surface area contributed by atoms with Crippen molar-refractivity contribution >= 4 is 11.9 Å². The fourth-order valence-corrected chi connectivity index (χ4v) is 1.62. The van der Waals surface area contributed by atoms with Gasteiger partial charge in [-0.1, -0.05) is 5.92 Å². The van der Waals surface area contributed by atoms with Gasteiger partial charge in [0.2, 0.25) is 0 Å². The van der Waals surface area contributed by atoms with Crippen molar-refractivity contribution in [1.82, 2.24) is 0 Å². The van der Waals surface area contributed by atoms with Crippen LogP contribution < -0.4 is 0 Å². The van der Waals surface area contributed by atoms with Crippen LogP contribution in [-0.4, -0.2) is 76.5 Å². The van der Waals surface area contributed by atoms with Crippen LogP contribution in [0.5, 0.6) is 0 Å². The Bertz CT molecular complexity index is 377. The van der Waals surface area contributed by atoms with Crippen molar-refractivity contribution in [2.75, 3.05) is 59.5 Å². The standard InChI is InChI=1S/C17H28O8/c1-2-7-21-8-9-22-10-11-23-12-13-24-14-15-25-17(20)6-4-3-5-16(18)19/h1H,3-15H2,(H,18,19). The summed E-state index contributed by atoms with van der Waals surface area (Å²) in [6, 6.07) is 0. The third-order valence-corrected chi connectivity index (χ3v) is 2.81. The lowest BCUT2D eigenvalue weighted by molar-refractivity contribution is -0.146. The monoisotopic (exact) mass is 360 g/mol. The summed E-state index contributed by atoms with van der Waals surface area (Å²) in [6.45, 7) is 3.47. The quantitative estimate of drug-likeness (QED) is 0.218. The first kappa shape index (κ1) is 23.3. The Kier molecular flexibility index (Phi) is 17.4. The maximum atomic E-state index is 11.3.